The highest BCUT2D eigenvalue weighted by Crippen LogP contribution is 2.30. The lowest BCUT2D eigenvalue weighted by atomic mass is 10.0. The van der Waals surface area contributed by atoms with E-state index >= 15 is 0 Å². The number of nitrogens with zero attached hydrogens (tertiary/aromatic N) is 3. The van der Waals surface area contributed by atoms with Crippen molar-refractivity contribution >= 4 is 23.8 Å². The van der Waals surface area contributed by atoms with Gasteiger partial charge in [0.15, 0.2) is 0 Å². The van der Waals surface area contributed by atoms with Crippen molar-refractivity contribution in [3.63, 3.8) is 0 Å². The lowest BCUT2D eigenvalue weighted by Crippen LogP contribution is -2.30. The number of carbonyl (C=O) groups is 2. The zero-order chi connectivity index (χ0) is 17.0. The minimum absolute atomic E-state index is 0.0216. The molecular weight excluding hydrogens is 290 g/mol. The summed E-state index contributed by atoms with van der Waals surface area (Å²) in [6.45, 7) is 8.23. The van der Waals surface area contributed by atoms with Crippen LogP contribution in [0.2, 0.25) is 0 Å². The molecule has 2 rings (SSSR count). The molecule has 1 saturated heterocycles. The number of para-hydroxylation sites is 1. The molecule has 23 heavy (non-hydrogen) atoms. The molecule has 0 unspecified atom stereocenters. The van der Waals surface area contributed by atoms with Crippen LogP contribution in [0.4, 0.5) is 10.5 Å². The quantitative estimate of drug-likeness (QED) is 0.613. The minimum atomic E-state index is -0.405. The maximum Gasteiger partial charge on any atom is 0.352 e. The van der Waals surface area contributed by atoms with Crippen LogP contribution in [0.1, 0.15) is 39.2 Å². The Labute approximate surface area is 137 Å². The van der Waals surface area contributed by atoms with E-state index in [2.05, 4.69) is 18.9 Å². The number of imide groups is 1. The van der Waals surface area contributed by atoms with Crippen molar-refractivity contribution in [1.82, 2.24) is 5.01 Å². The summed E-state index contributed by atoms with van der Waals surface area (Å²) < 4.78 is 0. The second kappa shape index (κ2) is 7.22. The van der Waals surface area contributed by atoms with E-state index in [9.17, 15) is 9.59 Å². The molecule has 1 heterocycles. The molecule has 122 valence electrons. The van der Waals surface area contributed by atoms with E-state index in [0.29, 0.717) is 5.92 Å². The van der Waals surface area contributed by atoms with Crippen LogP contribution in [0.5, 0.6) is 0 Å². The fraction of sp³-hybridized carbons (Fsp3) is 0.389. The zero-order valence-corrected chi connectivity index (χ0v) is 14.1. The van der Waals surface area contributed by atoms with Crippen LogP contribution >= 0.6 is 0 Å². The van der Waals surface area contributed by atoms with Crippen LogP contribution < -0.4 is 4.90 Å². The molecule has 0 spiro atoms. The Bertz CT molecular complexity index is 647. The Morgan fingerprint density at radius 3 is 2.48 bits per heavy atom. The molecule has 0 saturated carbocycles. The van der Waals surface area contributed by atoms with Crippen LogP contribution in [0, 0.1) is 5.92 Å². The minimum Gasteiger partial charge on any atom is -0.283 e. The molecule has 0 radical (unpaired) electrons. The van der Waals surface area contributed by atoms with E-state index in [-0.39, 0.29) is 18.4 Å². The summed E-state index contributed by atoms with van der Waals surface area (Å²) in [5.74, 6) is 0.337. The van der Waals surface area contributed by atoms with E-state index in [1.807, 2.05) is 44.2 Å². The van der Waals surface area contributed by atoms with Gasteiger partial charge in [-0.05, 0) is 29.5 Å². The SMILES string of the molecule is CC(C)/C=C\C=N\N1C(=O)CN(c2ccccc2C(C)C)C1=O. The highest BCUT2D eigenvalue weighted by Gasteiger charge is 2.38. The van der Waals surface area contributed by atoms with Crippen LogP contribution in [0.25, 0.3) is 0 Å². The third kappa shape index (κ3) is 3.86. The molecule has 1 aliphatic rings. The number of hydrogen-bond donors (Lipinski definition) is 0. The lowest BCUT2D eigenvalue weighted by molar-refractivity contribution is -0.124. The Hall–Kier alpha value is -2.43. The molecule has 0 bridgehead atoms. The van der Waals surface area contributed by atoms with Gasteiger partial charge >= 0.3 is 6.03 Å². The molecular formula is C18H23N3O2. The molecule has 0 aromatic heterocycles. The second-order valence-corrected chi connectivity index (χ2v) is 6.18. The smallest absolute Gasteiger partial charge is 0.283 e. The summed E-state index contributed by atoms with van der Waals surface area (Å²) in [6, 6.07) is 7.25. The fourth-order valence-corrected chi connectivity index (χ4v) is 2.39. The average molecular weight is 313 g/mol. The summed E-state index contributed by atoms with van der Waals surface area (Å²) in [4.78, 5) is 26.1. The first-order valence-electron chi connectivity index (χ1n) is 7.86. The Balaban J connectivity index is 2.22. The number of carbonyl (C=O) groups excluding carboxylic acids is 2. The lowest BCUT2D eigenvalue weighted by Gasteiger charge is -2.20. The first-order chi connectivity index (χ1) is 10.9. The topological polar surface area (TPSA) is 53.0 Å². The van der Waals surface area contributed by atoms with Crippen LogP contribution in [-0.4, -0.2) is 29.7 Å². The van der Waals surface area contributed by atoms with Gasteiger partial charge < -0.3 is 0 Å². The molecule has 0 aliphatic carbocycles. The average Bonchev–Trinajstić information content (AvgIpc) is 2.78. The Morgan fingerprint density at radius 2 is 1.83 bits per heavy atom. The number of rotatable bonds is 5. The number of hydrazone groups is 1. The van der Waals surface area contributed by atoms with Crippen molar-refractivity contribution in [2.24, 2.45) is 11.0 Å². The maximum atomic E-state index is 12.5. The third-order valence-corrected chi connectivity index (χ3v) is 3.56. The molecule has 1 fully saturated rings. The van der Waals surface area contributed by atoms with Gasteiger partial charge in [-0.25, -0.2) is 4.79 Å². The van der Waals surface area contributed by atoms with Crippen LogP contribution in [0.15, 0.2) is 41.5 Å². The van der Waals surface area contributed by atoms with E-state index in [0.717, 1.165) is 16.3 Å². The van der Waals surface area contributed by atoms with E-state index < -0.39 is 6.03 Å². The van der Waals surface area contributed by atoms with Gasteiger partial charge in [0, 0.05) is 11.9 Å². The summed E-state index contributed by atoms with van der Waals surface area (Å²) in [5, 5.41) is 4.92. The van der Waals surface area contributed by atoms with Gasteiger partial charge in [0.05, 0.1) is 0 Å². The first kappa shape index (κ1) is 16.9. The molecule has 0 atom stereocenters. The summed E-state index contributed by atoms with van der Waals surface area (Å²) >= 11 is 0. The number of anilines is 1. The second-order valence-electron chi connectivity index (χ2n) is 6.18. The summed E-state index contributed by atoms with van der Waals surface area (Å²) in [6.07, 6.45) is 5.17. The summed E-state index contributed by atoms with van der Waals surface area (Å²) in [7, 11) is 0. The van der Waals surface area contributed by atoms with Gasteiger partial charge in [0.25, 0.3) is 5.91 Å². The number of hydrogen-bond acceptors (Lipinski definition) is 3. The molecule has 5 nitrogen and oxygen atoms in total. The predicted octanol–water partition coefficient (Wildman–Crippen LogP) is 3.78. The predicted molar refractivity (Wildman–Crippen MR) is 92.6 cm³/mol. The van der Waals surface area contributed by atoms with Crippen LogP contribution in [0.3, 0.4) is 0 Å². The molecule has 5 heteroatoms. The molecule has 1 aliphatic heterocycles. The van der Waals surface area contributed by atoms with Crippen molar-refractivity contribution in [3.8, 4) is 0 Å². The highest BCUT2D eigenvalue weighted by molar-refractivity contribution is 6.12. The fourth-order valence-electron chi connectivity index (χ4n) is 2.39. The molecule has 0 N–H and O–H groups in total. The Kier molecular flexibility index (Phi) is 5.32. The Morgan fingerprint density at radius 1 is 1.13 bits per heavy atom. The normalized spacial score (nSPS) is 16.1. The number of allylic oxidation sites excluding steroid dienone is 2. The van der Waals surface area contributed by atoms with E-state index in [1.165, 1.54) is 11.1 Å². The maximum absolute atomic E-state index is 12.5. The van der Waals surface area contributed by atoms with Gasteiger partial charge in [0.1, 0.15) is 6.54 Å². The summed E-state index contributed by atoms with van der Waals surface area (Å²) in [5.41, 5.74) is 1.82. The van der Waals surface area contributed by atoms with Gasteiger partial charge in [-0.2, -0.15) is 5.10 Å². The number of urea groups is 1. The van der Waals surface area contributed by atoms with Gasteiger partial charge in [-0.15, -0.1) is 5.01 Å². The number of benzene rings is 1. The van der Waals surface area contributed by atoms with Crippen molar-refractivity contribution < 1.29 is 9.59 Å². The van der Waals surface area contributed by atoms with Gasteiger partial charge in [0.2, 0.25) is 0 Å². The van der Waals surface area contributed by atoms with Crippen LogP contribution in [-0.2, 0) is 4.79 Å². The molecule has 1 aromatic rings. The zero-order valence-electron chi connectivity index (χ0n) is 14.1. The van der Waals surface area contributed by atoms with Crippen molar-refractivity contribution in [1.29, 1.82) is 0 Å². The molecule has 3 amide bonds. The van der Waals surface area contributed by atoms with E-state index in [4.69, 9.17) is 0 Å². The van der Waals surface area contributed by atoms with E-state index in [1.54, 1.807) is 6.08 Å². The van der Waals surface area contributed by atoms with Gasteiger partial charge in [-0.1, -0.05) is 52.0 Å². The highest BCUT2D eigenvalue weighted by atomic mass is 16.2. The number of amides is 3. The third-order valence-electron chi connectivity index (χ3n) is 3.56. The first-order valence-corrected chi connectivity index (χ1v) is 7.86. The standard InChI is InChI=1S/C18H23N3O2/c1-13(2)8-7-11-19-21-17(22)12-20(18(21)23)16-10-6-5-9-15(16)14(3)4/h5-11,13-14H,12H2,1-4H3/b8-7-,19-11+. The van der Waals surface area contributed by atoms with Gasteiger partial charge in [-0.3, -0.25) is 9.69 Å². The monoisotopic (exact) mass is 313 g/mol. The van der Waals surface area contributed by atoms with Crippen molar-refractivity contribution in [3.05, 3.63) is 42.0 Å². The van der Waals surface area contributed by atoms with Crippen molar-refractivity contribution in [2.75, 3.05) is 11.4 Å². The molecule has 1 aromatic carbocycles. The van der Waals surface area contributed by atoms with Crippen molar-refractivity contribution in [2.45, 2.75) is 33.6 Å². The largest absolute Gasteiger partial charge is 0.352 e.